The predicted octanol–water partition coefficient (Wildman–Crippen LogP) is 15.7. The first-order chi connectivity index (χ1) is 46.5. The summed E-state index contributed by atoms with van der Waals surface area (Å²) < 4.78 is 45.8. The number of benzene rings is 5. The van der Waals surface area contributed by atoms with Crippen LogP contribution < -0.4 is 43.2 Å². The molecule has 20 nitrogen and oxygen atoms in total. The van der Waals surface area contributed by atoms with Crippen LogP contribution in [0.1, 0.15) is 151 Å². The molecule has 0 atom stereocenters. The van der Waals surface area contributed by atoms with Gasteiger partial charge in [-0.2, -0.15) is 14.9 Å². The molecule has 1 heterocycles. The van der Waals surface area contributed by atoms with Crippen molar-refractivity contribution in [3.05, 3.63) is 146 Å². The van der Waals surface area contributed by atoms with Gasteiger partial charge in [-0.3, -0.25) is 9.59 Å². The van der Waals surface area contributed by atoms with Crippen LogP contribution in [-0.2, 0) is 38.4 Å². The average molecular weight is 1320 g/mol. The molecule has 0 unspecified atom stereocenters. The Morgan fingerprint density at radius 1 is 0.547 bits per heavy atom. The normalized spacial score (nSPS) is 16.1. The van der Waals surface area contributed by atoms with Crippen LogP contribution in [-0.4, -0.2) is 94.3 Å². The molecule has 0 aliphatic heterocycles. The van der Waals surface area contributed by atoms with Gasteiger partial charge < -0.3 is 47.7 Å². The van der Waals surface area contributed by atoms with Crippen LogP contribution in [0, 0.1) is 23.7 Å². The third kappa shape index (κ3) is 24.5. The van der Waals surface area contributed by atoms with E-state index >= 15 is 0 Å². The fourth-order valence-corrected chi connectivity index (χ4v) is 11.8. The minimum atomic E-state index is -0.626. The van der Waals surface area contributed by atoms with Gasteiger partial charge >= 0.3 is 29.8 Å². The second-order valence-corrected chi connectivity index (χ2v) is 24.6. The number of hydrogen-bond donors (Lipinski definition) is 0. The highest BCUT2D eigenvalue weighted by atomic mass is 32.1. The smallest absolute Gasteiger partial charge is 0.343 e. The molecular formula is C74H89N3O17S. The van der Waals surface area contributed by atoms with Gasteiger partial charge in [-0.05, 0) is 224 Å². The topological polar surface area (TPSA) is 225 Å². The van der Waals surface area contributed by atoms with Gasteiger partial charge in [0.25, 0.3) is 0 Å². The largest absolute Gasteiger partial charge is 0.494 e. The van der Waals surface area contributed by atoms with Crippen LogP contribution in [0.15, 0.2) is 140 Å². The van der Waals surface area contributed by atoms with E-state index in [9.17, 15) is 24.0 Å². The SMILES string of the molecule is C=CC(=O)OCCCCCCOc1ccc(OOCC2CCC(C(=O)Oc3ccc(C(=O)Oc4ccc(OOCC5CCC(C(=O)Oc6ccc(OCCCCCCOC(=O)C=C)cc6)CC5)c(/C=N/N(CCCCCC)c5nc6c(OC)cccc6s5)c4)cc3)CC2)cc1. The Labute approximate surface area is 560 Å². The lowest BCUT2D eigenvalue weighted by Crippen LogP contribution is -2.27. The van der Waals surface area contributed by atoms with Gasteiger partial charge in [0.2, 0.25) is 5.13 Å². The lowest BCUT2D eigenvalue weighted by molar-refractivity contribution is -0.218. The molecule has 8 rings (SSSR count). The Bertz CT molecular complexity index is 3390. The van der Waals surface area contributed by atoms with Crippen molar-refractivity contribution in [1.82, 2.24) is 4.98 Å². The van der Waals surface area contributed by atoms with Crippen LogP contribution in [0.3, 0.4) is 0 Å². The molecule has 1 aromatic heterocycles. The summed E-state index contributed by atoms with van der Waals surface area (Å²) in [4.78, 5) is 90.7. The van der Waals surface area contributed by atoms with Crippen molar-refractivity contribution in [2.24, 2.45) is 28.8 Å². The van der Waals surface area contributed by atoms with Crippen molar-refractivity contribution < 1.29 is 81.4 Å². The average Bonchev–Trinajstić information content (AvgIpc) is 1.72. The van der Waals surface area contributed by atoms with E-state index in [1.54, 1.807) is 92.2 Å². The molecule has 5 aromatic carbocycles. The maximum absolute atomic E-state index is 13.7. The van der Waals surface area contributed by atoms with Gasteiger partial charge in [0, 0.05) is 24.3 Å². The van der Waals surface area contributed by atoms with Crippen LogP contribution in [0.5, 0.6) is 46.0 Å². The molecule has 0 N–H and O–H groups in total. The van der Waals surface area contributed by atoms with Gasteiger partial charge in [-0.25, -0.2) is 24.4 Å². The van der Waals surface area contributed by atoms with Gasteiger partial charge in [-0.15, -0.1) is 0 Å². The van der Waals surface area contributed by atoms with E-state index in [-0.39, 0.29) is 53.5 Å². The number of methoxy groups -OCH3 is 1. The lowest BCUT2D eigenvalue weighted by atomic mass is 9.82. The summed E-state index contributed by atoms with van der Waals surface area (Å²) in [5.41, 5.74) is 1.47. The number of para-hydroxylation sites is 1. The molecule has 0 saturated heterocycles. The summed E-state index contributed by atoms with van der Waals surface area (Å²) in [6.45, 7) is 12.1. The van der Waals surface area contributed by atoms with E-state index in [1.807, 2.05) is 35.3 Å². The fraction of sp³-hybridized carbons (Fsp3) is 0.446. The van der Waals surface area contributed by atoms with E-state index in [0.717, 1.165) is 125 Å². The number of nitrogens with zero attached hydrogens (tertiary/aromatic N) is 3. The van der Waals surface area contributed by atoms with Crippen molar-refractivity contribution in [3.63, 3.8) is 0 Å². The van der Waals surface area contributed by atoms with Crippen LogP contribution in [0.2, 0.25) is 0 Å². The Balaban J connectivity index is 0.797. The second-order valence-electron chi connectivity index (χ2n) is 23.6. The molecule has 0 spiro atoms. The highest BCUT2D eigenvalue weighted by Gasteiger charge is 2.30. The van der Waals surface area contributed by atoms with Crippen molar-refractivity contribution in [3.8, 4) is 46.0 Å². The molecule has 0 radical (unpaired) electrons. The van der Waals surface area contributed by atoms with Crippen molar-refractivity contribution >= 4 is 62.7 Å². The Morgan fingerprint density at radius 3 is 1.60 bits per heavy atom. The first-order valence-electron chi connectivity index (χ1n) is 33.2. The minimum Gasteiger partial charge on any atom is -0.494 e. The molecule has 2 saturated carbocycles. The van der Waals surface area contributed by atoms with Crippen molar-refractivity contribution in [2.75, 3.05) is 58.3 Å². The summed E-state index contributed by atoms with van der Waals surface area (Å²) in [5, 5.41) is 7.52. The van der Waals surface area contributed by atoms with E-state index < -0.39 is 17.9 Å². The summed E-state index contributed by atoms with van der Waals surface area (Å²) in [7, 11) is 1.63. The Kier molecular flexibility index (Phi) is 30.2. The monoisotopic (exact) mass is 1320 g/mol. The molecule has 2 fully saturated rings. The number of unbranched alkanes of at least 4 members (excludes halogenated alkanes) is 9. The number of carbonyl (C=O) groups excluding carboxylic acids is 5. The lowest BCUT2D eigenvalue weighted by Gasteiger charge is -2.26. The van der Waals surface area contributed by atoms with E-state index in [0.29, 0.717) is 110 Å². The molecule has 95 heavy (non-hydrogen) atoms. The Morgan fingerprint density at radius 2 is 1.05 bits per heavy atom. The van der Waals surface area contributed by atoms with Gasteiger partial charge in [0.05, 0.1) is 75.1 Å². The number of rotatable bonds is 41. The van der Waals surface area contributed by atoms with Gasteiger partial charge in [-0.1, -0.05) is 56.7 Å². The number of hydrazone groups is 1. The molecule has 2 aliphatic rings. The number of carbonyl (C=O) groups is 5. The summed E-state index contributed by atoms with van der Waals surface area (Å²) in [6, 6.07) is 31.4. The van der Waals surface area contributed by atoms with Crippen LogP contribution >= 0.6 is 11.3 Å². The molecule has 2 aliphatic carbocycles. The predicted molar refractivity (Wildman–Crippen MR) is 362 cm³/mol. The van der Waals surface area contributed by atoms with Crippen molar-refractivity contribution in [1.29, 1.82) is 0 Å². The second kappa shape index (κ2) is 39.8. The van der Waals surface area contributed by atoms with E-state index in [2.05, 4.69) is 20.1 Å². The molecular weight excluding hydrogens is 1230 g/mol. The van der Waals surface area contributed by atoms with Crippen molar-refractivity contribution in [2.45, 2.75) is 135 Å². The maximum Gasteiger partial charge on any atom is 0.343 e. The highest BCUT2D eigenvalue weighted by Crippen LogP contribution is 2.37. The van der Waals surface area contributed by atoms with Gasteiger partial charge in [0.15, 0.2) is 11.5 Å². The first kappa shape index (κ1) is 72.0. The van der Waals surface area contributed by atoms with Crippen LogP contribution in [0.4, 0.5) is 5.13 Å². The quantitative estimate of drug-likeness (QED) is 0.00661. The summed E-state index contributed by atoms with van der Waals surface area (Å²) in [5.74, 6) is 1.79. The number of fused-ring (bicyclic) bond motifs is 1. The molecule has 0 amide bonds. The summed E-state index contributed by atoms with van der Waals surface area (Å²) >= 11 is 1.51. The number of ether oxygens (including phenoxy) is 8. The van der Waals surface area contributed by atoms with Gasteiger partial charge in [0.1, 0.15) is 40.0 Å². The third-order valence-corrected chi connectivity index (χ3v) is 17.5. The maximum atomic E-state index is 13.7. The molecule has 6 aromatic rings. The minimum absolute atomic E-state index is 0.127. The zero-order chi connectivity index (χ0) is 66.8. The number of hydrogen-bond acceptors (Lipinski definition) is 21. The molecule has 21 heteroatoms. The zero-order valence-electron chi connectivity index (χ0n) is 54.6. The highest BCUT2D eigenvalue weighted by molar-refractivity contribution is 7.22. The molecule has 508 valence electrons. The third-order valence-electron chi connectivity index (χ3n) is 16.4. The first-order valence-corrected chi connectivity index (χ1v) is 34.1. The number of aromatic nitrogens is 1. The fourth-order valence-electron chi connectivity index (χ4n) is 10.9. The van der Waals surface area contributed by atoms with Crippen LogP contribution in [0.25, 0.3) is 10.2 Å². The number of thiazole rings is 1. The zero-order valence-corrected chi connectivity index (χ0v) is 55.4. The number of esters is 5. The number of anilines is 1. The van der Waals surface area contributed by atoms with E-state index in [4.69, 9.17) is 67.5 Å². The van der Waals surface area contributed by atoms with E-state index in [1.165, 1.54) is 17.4 Å². The summed E-state index contributed by atoms with van der Waals surface area (Å²) in [6.07, 6.45) is 20.7. The Hall–Kier alpha value is -8.79. The molecule has 0 bridgehead atoms. The standard InChI is InChI=1S/C74H89N3O17S/c1-5-8-9-14-44-77(74-76-70-66(83-4)20-19-21-67(70)95-74)75-50-58-49-64(42-43-65(58)94-89-52-54-24-28-56(29-25-54)72(81)91-62-38-34-59(35-39-62)84-45-15-10-12-17-47-86-68(78)6-2)92-73(82)57-30-32-61(33-31-57)90-71(80)55-26-22-53(23-27-55)51-88-93-63-40-36-60(37-41-63)85-46-16-11-13-18-48-87-69(79)7-3/h6-7,19-21,30-43,49-50,53-56H,2-3,5,8-18,22-29,44-48,51-52H2,1,4H3/b75-50+.